The Morgan fingerprint density at radius 2 is 1.93 bits per heavy atom. The lowest BCUT2D eigenvalue weighted by Gasteiger charge is -2.17. The molecule has 8 nitrogen and oxygen atoms in total. The van der Waals surface area contributed by atoms with Crippen molar-refractivity contribution in [2.45, 2.75) is 19.9 Å². The predicted molar refractivity (Wildman–Crippen MR) is 108 cm³/mol. The van der Waals surface area contributed by atoms with Crippen LogP contribution in [0.2, 0.25) is 0 Å². The van der Waals surface area contributed by atoms with E-state index in [0.717, 1.165) is 5.56 Å². The van der Waals surface area contributed by atoms with Crippen molar-refractivity contribution in [3.63, 3.8) is 0 Å². The summed E-state index contributed by atoms with van der Waals surface area (Å²) in [6.45, 7) is 4.54. The molecular weight excluding hydrogens is 356 g/mol. The number of nitrogens with zero attached hydrogens (tertiary/aromatic N) is 4. The second kappa shape index (κ2) is 8.51. The smallest absolute Gasteiger partial charge is 0.264 e. The van der Waals surface area contributed by atoms with Crippen molar-refractivity contribution in [2.75, 3.05) is 18.4 Å². The maximum absolute atomic E-state index is 13.0. The first kappa shape index (κ1) is 19.3. The Morgan fingerprint density at radius 1 is 1.18 bits per heavy atom. The Kier molecular flexibility index (Phi) is 5.88. The van der Waals surface area contributed by atoms with E-state index in [1.54, 1.807) is 35.5 Å². The molecule has 0 spiro atoms. The van der Waals surface area contributed by atoms with Crippen LogP contribution < -0.4 is 16.2 Å². The third-order valence-corrected chi connectivity index (χ3v) is 4.66. The molecule has 0 aliphatic heterocycles. The Hall–Kier alpha value is -3.42. The summed E-state index contributed by atoms with van der Waals surface area (Å²) < 4.78 is 3.20. The molecule has 0 aliphatic carbocycles. The van der Waals surface area contributed by atoms with E-state index in [2.05, 4.69) is 20.7 Å². The van der Waals surface area contributed by atoms with E-state index >= 15 is 0 Å². The quantitative estimate of drug-likeness (QED) is 0.609. The second-order valence-electron chi connectivity index (χ2n) is 6.56. The third-order valence-electron chi connectivity index (χ3n) is 4.66. The number of anilines is 1. The average Bonchev–Trinajstić information content (AvgIpc) is 3.10. The zero-order chi connectivity index (χ0) is 20.1. The van der Waals surface area contributed by atoms with Gasteiger partial charge >= 0.3 is 0 Å². The van der Waals surface area contributed by atoms with Gasteiger partial charge in [0.25, 0.3) is 11.5 Å². The molecule has 0 saturated heterocycles. The predicted octanol–water partition coefficient (Wildman–Crippen LogP) is 1.74. The second-order valence-corrected chi connectivity index (χ2v) is 6.56. The van der Waals surface area contributed by atoms with Crippen molar-refractivity contribution >= 4 is 11.9 Å². The van der Waals surface area contributed by atoms with Gasteiger partial charge in [0, 0.05) is 26.3 Å². The Balaban J connectivity index is 1.71. The van der Waals surface area contributed by atoms with E-state index in [-0.39, 0.29) is 23.1 Å². The lowest BCUT2D eigenvalue weighted by atomic mass is 10.1. The third kappa shape index (κ3) is 4.11. The molecule has 8 heteroatoms. The summed E-state index contributed by atoms with van der Waals surface area (Å²) in [6.07, 6.45) is 3.19. The molecule has 3 rings (SSSR count). The van der Waals surface area contributed by atoms with Crippen LogP contribution in [0.4, 0.5) is 5.95 Å². The maximum atomic E-state index is 13.0. The van der Waals surface area contributed by atoms with E-state index < -0.39 is 0 Å². The van der Waals surface area contributed by atoms with Gasteiger partial charge in [0.15, 0.2) is 0 Å². The number of hydrogen-bond acceptors (Lipinski definition) is 5. The number of aromatic nitrogens is 4. The molecule has 3 aromatic rings. The van der Waals surface area contributed by atoms with Crippen LogP contribution in [0.25, 0.3) is 0 Å². The van der Waals surface area contributed by atoms with Crippen molar-refractivity contribution in [3.05, 3.63) is 76.0 Å². The van der Waals surface area contributed by atoms with Crippen molar-refractivity contribution in [1.29, 1.82) is 0 Å². The molecule has 2 N–H and O–H groups in total. The number of carbonyl (C=O) groups excluding carboxylic acids is 1. The number of rotatable bonds is 7. The van der Waals surface area contributed by atoms with Gasteiger partial charge in [0.1, 0.15) is 11.9 Å². The normalized spacial score (nSPS) is 11.8. The Morgan fingerprint density at radius 3 is 2.61 bits per heavy atom. The van der Waals surface area contributed by atoms with Crippen LogP contribution in [0.5, 0.6) is 0 Å². The van der Waals surface area contributed by atoms with Gasteiger partial charge in [-0.3, -0.25) is 9.59 Å². The fourth-order valence-corrected chi connectivity index (χ4v) is 3.01. The van der Waals surface area contributed by atoms with Crippen LogP contribution in [-0.4, -0.2) is 38.3 Å². The first-order valence-electron chi connectivity index (χ1n) is 9.11. The molecule has 0 radical (unpaired) electrons. The van der Waals surface area contributed by atoms with Crippen LogP contribution in [0, 0.1) is 6.92 Å². The van der Waals surface area contributed by atoms with Gasteiger partial charge in [-0.15, -0.1) is 0 Å². The highest BCUT2D eigenvalue weighted by Gasteiger charge is 2.18. The van der Waals surface area contributed by atoms with Gasteiger partial charge in [-0.25, -0.2) is 4.68 Å². The molecule has 0 bridgehead atoms. The van der Waals surface area contributed by atoms with E-state index in [0.29, 0.717) is 24.6 Å². The summed E-state index contributed by atoms with van der Waals surface area (Å²) in [6, 6.07) is 11.4. The molecule has 28 heavy (non-hydrogen) atoms. The molecule has 1 atom stereocenters. The van der Waals surface area contributed by atoms with Crippen molar-refractivity contribution in [1.82, 2.24) is 24.6 Å². The summed E-state index contributed by atoms with van der Waals surface area (Å²) in [5.41, 5.74) is 1.53. The summed E-state index contributed by atoms with van der Waals surface area (Å²) in [5.74, 6) is 0.237. The fraction of sp³-hybridized carbons (Fsp3) is 0.300. The summed E-state index contributed by atoms with van der Waals surface area (Å²) >= 11 is 0. The van der Waals surface area contributed by atoms with Crippen LogP contribution in [0.15, 0.2) is 53.7 Å². The van der Waals surface area contributed by atoms with E-state index in [4.69, 9.17) is 0 Å². The molecule has 1 aromatic carbocycles. The lowest BCUT2D eigenvalue weighted by molar-refractivity contribution is 0.0952. The molecule has 1 unspecified atom stereocenters. The summed E-state index contributed by atoms with van der Waals surface area (Å²) in [7, 11) is 1.78. The number of carbonyl (C=O) groups is 1. The highest BCUT2D eigenvalue weighted by atomic mass is 16.2. The maximum Gasteiger partial charge on any atom is 0.264 e. The zero-order valence-corrected chi connectivity index (χ0v) is 16.2. The van der Waals surface area contributed by atoms with Crippen LogP contribution >= 0.6 is 0 Å². The van der Waals surface area contributed by atoms with E-state index in [1.807, 2.05) is 37.3 Å². The van der Waals surface area contributed by atoms with Crippen molar-refractivity contribution in [2.24, 2.45) is 7.05 Å². The zero-order valence-electron chi connectivity index (χ0n) is 16.2. The number of pyridine rings is 1. The molecular formula is C20H24N6O2. The molecule has 0 fully saturated rings. The fourth-order valence-electron chi connectivity index (χ4n) is 3.01. The summed E-state index contributed by atoms with van der Waals surface area (Å²) in [5, 5.41) is 9.83. The van der Waals surface area contributed by atoms with Crippen LogP contribution in [0.1, 0.15) is 34.5 Å². The summed E-state index contributed by atoms with van der Waals surface area (Å²) in [4.78, 5) is 29.7. The van der Waals surface area contributed by atoms with Gasteiger partial charge in [-0.2, -0.15) is 10.1 Å². The Labute approximate surface area is 163 Å². The molecule has 146 valence electrons. The number of nitrogens with one attached hydrogen (secondary N) is 2. The number of amides is 1. The highest BCUT2D eigenvalue weighted by Crippen LogP contribution is 2.16. The highest BCUT2D eigenvalue weighted by molar-refractivity contribution is 5.95. The molecule has 0 saturated carbocycles. The van der Waals surface area contributed by atoms with E-state index in [1.165, 1.54) is 6.33 Å². The number of aryl methyl sites for hydroxylation is 2. The Bertz CT molecular complexity index is 1010. The first-order valence-corrected chi connectivity index (χ1v) is 9.11. The van der Waals surface area contributed by atoms with Gasteiger partial charge in [-0.1, -0.05) is 30.3 Å². The molecule has 2 aromatic heterocycles. The molecule has 2 heterocycles. The average molecular weight is 380 g/mol. The van der Waals surface area contributed by atoms with Crippen molar-refractivity contribution < 1.29 is 4.79 Å². The molecule has 0 aliphatic rings. The SMILES string of the molecule is Cc1ccn(C(C)c2ccccc2)c(=O)c1C(=O)NCCNc1ncnn1C. The first-order chi connectivity index (χ1) is 13.5. The largest absolute Gasteiger partial charge is 0.353 e. The number of hydrogen-bond donors (Lipinski definition) is 2. The molecule has 1 amide bonds. The van der Waals surface area contributed by atoms with Crippen LogP contribution in [0.3, 0.4) is 0 Å². The minimum Gasteiger partial charge on any atom is -0.353 e. The minimum atomic E-state index is -0.378. The number of benzene rings is 1. The van der Waals surface area contributed by atoms with Gasteiger partial charge in [0.05, 0.1) is 6.04 Å². The van der Waals surface area contributed by atoms with Gasteiger partial charge in [0.2, 0.25) is 5.95 Å². The van der Waals surface area contributed by atoms with Crippen LogP contribution in [-0.2, 0) is 7.05 Å². The van der Waals surface area contributed by atoms with Gasteiger partial charge in [-0.05, 0) is 31.0 Å². The minimum absolute atomic E-state index is 0.168. The standard InChI is InChI=1S/C20H24N6O2/c1-14-9-12-26(15(2)16-7-5-4-6-8-16)19(28)17(14)18(27)21-10-11-22-20-23-13-24-25(20)3/h4-9,12-13,15H,10-11H2,1-3H3,(H,21,27)(H,22,23,24). The monoisotopic (exact) mass is 380 g/mol. The lowest BCUT2D eigenvalue weighted by Crippen LogP contribution is -2.37. The van der Waals surface area contributed by atoms with E-state index in [9.17, 15) is 9.59 Å². The van der Waals surface area contributed by atoms with Crippen molar-refractivity contribution in [3.8, 4) is 0 Å². The topological polar surface area (TPSA) is 93.8 Å². The van der Waals surface area contributed by atoms with Gasteiger partial charge < -0.3 is 15.2 Å².